The molecule has 1 rings (SSSR count). The number of hydrogen-bond donors (Lipinski definition) is 1. The van der Waals surface area contributed by atoms with Crippen molar-refractivity contribution < 1.29 is 4.55 Å². The summed E-state index contributed by atoms with van der Waals surface area (Å²) >= 11 is 3.23. The number of hydrogen-bond acceptors (Lipinski definition) is 2. The van der Waals surface area contributed by atoms with E-state index in [-0.39, 0.29) is 29.6 Å². The molecular weight excluding hydrogens is 187 g/mol. The minimum absolute atomic E-state index is 0. The third-order valence-corrected chi connectivity index (χ3v) is 2.40. The molecular formula is C7H9NaOS2. The molecule has 0 radical (unpaired) electrons. The molecule has 1 aromatic rings. The van der Waals surface area contributed by atoms with Crippen LogP contribution in [0.15, 0.2) is 34.1 Å². The summed E-state index contributed by atoms with van der Waals surface area (Å²) in [7, 11) is 0. The van der Waals surface area contributed by atoms with E-state index in [0.29, 0.717) is 0 Å². The van der Waals surface area contributed by atoms with Crippen molar-refractivity contribution in [1.82, 2.24) is 0 Å². The van der Waals surface area contributed by atoms with Crippen molar-refractivity contribution >= 4 is 53.4 Å². The Morgan fingerprint density at radius 1 is 1.27 bits per heavy atom. The first kappa shape index (κ1) is 11.9. The fourth-order valence-corrected chi connectivity index (χ4v) is 1.31. The van der Waals surface area contributed by atoms with Crippen LogP contribution in [0.2, 0.25) is 0 Å². The third kappa shape index (κ3) is 3.87. The van der Waals surface area contributed by atoms with Crippen molar-refractivity contribution in [3.63, 3.8) is 0 Å². The first-order valence-corrected chi connectivity index (χ1v) is 4.83. The predicted molar refractivity (Wildman–Crippen MR) is 53.2 cm³/mol. The Labute approximate surface area is 97.5 Å². The zero-order valence-corrected chi connectivity index (χ0v) is 7.28. The molecule has 11 heavy (non-hydrogen) atoms. The van der Waals surface area contributed by atoms with Crippen LogP contribution in [0, 0.1) is 0 Å². The molecule has 1 unspecified atom stereocenters. The molecule has 1 aromatic carbocycles. The molecule has 4 heteroatoms. The van der Waals surface area contributed by atoms with Gasteiger partial charge in [0.05, 0.1) is 0 Å². The molecule has 0 fully saturated rings. The van der Waals surface area contributed by atoms with Crippen LogP contribution in [0.1, 0.15) is 0 Å². The third-order valence-electron chi connectivity index (χ3n) is 1.17. The Morgan fingerprint density at radius 3 is 2.09 bits per heavy atom. The molecule has 0 saturated heterocycles. The van der Waals surface area contributed by atoms with Crippen LogP contribution < -0.4 is 0 Å². The number of benzene rings is 1. The van der Waals surface area contributed by atoms with Crippen LogP contribution in [-0.4, -0.2) is 40.4 Å². The van der Waals surface area contributed by atoms with Gasteiger partial charge in [0.1, 0.15) is 6.26 Å². The normalized spacial score (nSPS) is 11.9. The van der Waals surface area contributed by atoms with Gasteiger partial charge in [-0.3, -0.25) is 0 Å². The summed E-state index contributed by atoms with van der Waals surface area (Å²) < 4.78 is 10.8. The van der Waals surface area contributed by atoms with E-state index in [2.05, 4.69) is 12.6 Å². The molecule has 56 valence electrons. The quantitative estimate of drug-likeness (QED) is 0.405. The molecule has 0 aromatic heterocycles. The van der Waals surface area contributed by atoms with Crippen LogP contribution in [0.5, 0.6) is 0 Å². The van der Waals surface area contributed by atoms with E-state index < -0.39 is 11.2 Å². The van der Waals surface area contributed by atoms with Crippen molar-refractivity contribution in [2.75, 3.05) is 6.26 Å². The Balaban J connectivity index is 0.000001000. The zero-order valence-electron chi connectivity index (χ0n) is 5.57. The summed E-state index contributed by atoms with van der Waals surface area (Å²) in [5, 5.41) is 0. The van der Waals surface area contributed by atoms with Crippen LogP contribution in [-0.2, 0) is 11.2 Å². The Morgan fingerprint density at radius 2 is 1.73 bits per heavy atom. The van der Waals surface area contributed by atoms with Crippen molar-refractivity contribution in [2.45, 2.75) is 9.79 Å². The first-order chi connectivity index (χ1) is 4.70. The maximum atomic E-state index is 10.8. The monoisotopic (exact) mass is 196 g/mol. The maximum absolute atomic E-state index is 10.8. The van der Waals surface area contributed by atoms with Gasteiger partial charge in [0.15, 0.2) is 4.90 Å². The van der Waals surface area contributed by atoms with Crippen LogP contribution in [0.4, 0.5) is 0 Å². The van der Waals surface area contributed by atoms with Crippen molar-refractivity contribution in [3.05, 3.63) is 24.3 Å². The van der Waals surface area contributed by atoms with E-state index in [1.54, 1.807) is 6.26 Å². The fraction of sp³-hybridized carbons (Fsp3) is 0.143. The van der Waals surface area contributed by atoms with Gasteiger partial charge >= 0.3 is 29.6 Å². The van der Waals surface area contributed by atoms with Gasteiger partial charge in [0.25, 0.3) is 0 Å². The summed E-state index contributed by atoms with van der Waals surface area (Å²) in [5.41, 5.74) is 0. The summed E-state index contributed by atoms with van der Waals surface area (Å²) in [6, 6.07) is 7.30. The van der Waals surface area contributed by atoms with E-state index in [9.17, 15) is 4.55 Å². The van der Waals surface area contributed by atoms with E-state index in [4.69, 9.17) is 0 Å². The van der Waals surface area contributed by atoms with E-state index >= 15 is 0 Å². The molecule has 0 aliphatic heterocycles. The van der Waals surface area contributed by atoms with E-state index in [1.807, 2.05) is 24.3 Å². The average molecular weight is 196 g/mol. The number of rotatable bonds is 1. The Bertz CT molecular complexity index is 210. The van der Waals surface area contributed by atoms with Crippen LogP contribution in [0.3, 0.4) is 0 Å². The number of thiol groups is 1. The van der Waals surface area contributed by atoms with Crippen LogP contribution >= 0.6 is 12.6 Å². The fourth-order valence-electron chi connectivity index (χ4n) is 0.638. The second-order valence-corrected chi connectivity index (χ2v) is 3.84. The summed E-state index contributed by atoms with van der Waals surface area (Å²) in [4.78, 5) is 1.74. The summed E-state index contributed by atoms with van der Waals surface area (Å²) in [6.45, 7) is 0. The van der Waals surface area contributed by atoms with Crippen molar-refractivity contribution in [1.29, 1.82) is 0 Å². The molecule has 0 aliphatic rings. The van der Waals surface area contributed by atoms with Crippen molar-refractivity contribution in [3.8, 4) is 0 Å². The van der Waals surface area contributed by atoms with Crippen LogP contribution in [0.25, 0.3) is 0 Å². The molecule has 0 spiro atoms. The Kier molecular flexibility index (Phi) is 5.95. The summed E-state index contributed by atoms with van der Waals surface area (Å²) in [5.74, 6) is 0. The molecule has 0 N–H and O–H groups in total. The minimum atomic E-state index is -0.871. The summed E-state index contributed by atoms with van der Waals surface area (Å²) in [6.07, 6.45) is 1.66. The first-order valence-electron chi connectivity index (χ1n) is 2.82. The van der Waals surface area contributed by atoms with Gasteiger partial charge in [-0.2, -0.15) is 0 Å². The van der Waals surface area contributed by atoms with Crippen molar-refractivity contribution in [2.24, 2.45) is 0 Å². The predicted octanol–water partition coefficient (Wildman–Crippen LogP) is 1.06. The van der Waals surface area contributed by atoms with E-state index in [0.717, 1.165) is 9.79 Å². The van der Waals surface area contributed by atoms with Gasteiger partial charge in [-0.15, -0.1) is 12.6 Å². The van der Waals surface area contributed by atoms with Gasteiger partial charge in [-0.25, -0.2) is 0 Å². The van der Waals surface area contributed by atoms with Gasteiger partial charge in [-0.1, -0.05) is 0 Å². The molecule has 0 heterocycles. The Hall–Kier alpha value is 0.880. The van der Waals surface area contributed by atoms with Gasteiger partial charge in [0.2, 0.25) is 0 Å². The topological polar surface area (TPSA) is 23.1 Å². The average Bonchev–Trinajstić information content (AvgIpc) is 1.88. The van der Waals surface area contributed by atoms with Gasteiger partial charge in [0, 0.05) is 4.90 Å². The van der Waals surface area contributed by atoms with Gasteiger partial charge in [-0.05, 0) is 35.4 Å². The second kappa shape index (κ2) is 5.51. The molecule has 1 nitrogen and oxygen atoms in total. The standard InChI is InChI=1S/C7H8OS2.Na.H/c1-10(8)7-4-2-6(9)3-5-7;;/h2-5,9H,1H3;;. The molecule has 1 atom stereocenters. The molecule has 0 amide bonds. The molecule has 0 saturated carbocycles. The zero-order chi connectivity index (χ0) is 7.56. The molecule has 0 aliphatic carbocycles. The van der Waals surface area contributed by atoms with E-state index in [1.165, 1.54) is 0 Å². The second-order valence-electron chi connectivity index (χ2n) is 1.95. The molecule has 0 bridgehead atoms. The van der Waals surface area contributed by atoms with Gasteiger partial charge < -0.3 is 4.55 Å². The SMILES string of the molecule is C[S+]([O-])c1ccc(S)cc1.[NaH].